The van der Waals surface area contributed by atoms with Gasteiger partial charge in [-0.15, -0.1) is 0 Å². The Bertz CT molecular complexity index is 676. The molecule has 3 N–H and O–H groups in total. The van der Waals surface area contributed by atoms with E-state index in [1.807, 2.05) is 6.07 Å². The maximum absolute atomic E-state index is 12.3. The number of rotatable bonds is 4. The van der Waals surface area contributed by atoms with Crippen LogP contribution in [0.3, 0.4) is 0 Å². The smallest absolute Gasteiger partial charge is 0.257 e. The second kappa shape index (κ2) is 6.13. The molecule has 110 valence electrons. The normalized spacial score (nSPS) is 11.4. The maximum atomic E-state index is 12.3. The first-order valence-electron chi connectivity index (χ1n) is 6.39. The molecule has 0 bridgehead atoms. The van der Waals surface area contributed by atoms with Gasteiger partial charge in [-0.3, -0.25) is 4.79 Å². The number of aryl methyl sites for hydroxylation is 1. The molecule has 2 rings (SSSR count). The quantitative estimate of drug-likeness (QED) is 0.389. The average Bonchev–Trinajstić information content (AvgIpc) is 2.92. The molecule has 0 radical (unpaired) electrons. The lowest BCUT2D eigenvalue weighted by molar-refractivity contribution is 0.0783. The predicted octanol–water partition coefficient (Wildman–Crippen LogP) is 1.95. The van der Waals surface area contributed by atoms with Crippen molar-refractivity contribution in [1.29, 1.82) is 0 Å². The first-order chi connectivity index (χ1) is 10.0. The Balaban J connectivity index is 2.15. The highest BCUT2D eigenvalue weighted by Crippen LogP contribution is 2.14. The van der Waals surface area contributed by atoms with Crippen molar-refractivity contribution in [2.24, 2.45) is 10.9 Å². The van der Waals surface area contributed by atoms with Crippen LogP contribution in [0.15, 0.2) is 46.2 Å². The Morgan fingerprint density at radius 1 is 1.43 bits per heavy atom. The molecule has 1 aromatic heterocycles. The first kappa shape index (κ1) is 14.6. The van der Waals surface area contributed by atoms with Gasteiger partial charge >= 0.3 is 0 Å². The lowest BCUT2D eigenvalue weighted by Gasteiger charge is -2.17. The Kier molecular flexibility index (Phi) is 4.27. The first-order valence-corrected chi connectivity index (χ1v) is 6.39. The van der Waals surface area contributed by atoms with Gasteiger partial charge in [0.2, 0.25) is 0 Å². The van der Waals surface area contributed by atoms with Crippen molar-refractivity contribution in [3.63, 3.8) is 0 Å². The molecule has 1 heterocycles. The van der Waals surface area contributed by atoms with E-state index < -0.39 is 0 Å². The van der Waals surface area contributed by atoms with Gasteiger partial charge in [0, 0.05) is 19.2 Å². The molecule has 0 fully saturated rings. The summed E-state index contributed by atoms with van der Waals surface area (Å²) in [6, 6.07) is 8.84. The zero-order chi connectivity index (χ0) is 15.4. The van der Waals surface area contributed by atoms with Gasteiger partial charge in [-0.25, -0.2) is 0 Å². The van der Waals surface area contributed by atoms with Gasteiger partial charge in [0.25, 0.3) is 5.91 Å². The molecule has 0 saturated heterocycles. The molecule has 0 saturated carbocycles. The van der Waals surface area contributed by atoms with Gasteiger partial charge in [0.15, 0.2) is 5.84 Å². The predicted molar refractivity (Wildman–Crippen MR) is 78.2 cm³/mol. The van der Waals surface area contributed by atoms with E-state index in [0.717, 1.165) is 5.56 Å². The molecule has 0 aliphatic heterocycles. The van der Waals surface area contributed by atoms with Crippen LogP contribution in [0.2, 0.25) is 0 Å². The van der Waals surface area contributed by atoms with Crippen LogP contribution in [0.5, 0.6) is 0 Å². The highest BCUT2D eigenvalue weighted by atomic mass is 16.4. The third-order valence-electron chi connectivity index (χ3n) is 3.19. The second-order valence-corrected chi connectivity index (χ2v) is 4.74. The number of carbonyl (C=O) groups excluding carboxylic acids is 1. The van der Waals surface area contributed by atoms with Crippen molar-refractivity contribution < 1.29 is 14.4 Å². The Morgan fingerprint density at radius 2 is 2.19 bits per heavy atom. The van der Waals surface area contributed by atoms with Gasteiger partial charge in [-0.05, 0) is 24.6 Å². The van der Waals surface area contributed by atoms with E-state index in [1.54, 1.807) is 43.1 Å². The lowest BCUT2D eigenvalue weighted by Crippen LogP contribution is -2.26. The zero-order valence-electron chi connectivity index (χ0n) is 11.9. The van der Waals surface area contributed by atoms with Gasteiger partial charge in [-0.2, -0.15) is 0 Å². The van der Waals surface area contributed by atoms with E-state index in [4.69, 9.17) is 15.4 Å². The minimum Gasteiger partial charge on any atom is -0.469 e. The van der Waals surface area contributed by atoms with Crippen molar-refractivity contribution in [1.82, 2.24) is 4.90 Å². The molecule has 0 spiro atoms. The van der Waals surface area contributed by atoms with E-state index in [2.05, 4.69) is 5.16 Å². The molecule has 1 amide bonds. The molecule has 0 aliphatic carbocycles. The fourth-order valence-electron chi connectivity index (χ4n) is 2.04. The molecule has 2 aromatic rings. The number of nitrogens with two attached hydrogens (primary N) is 1. The van der Waals surface area contributed by atoms with Gasteiger partial charge < -0.3 is 20.3 Å². The molecule has 0 aliphatic rings. The number of nitrogens with zero attached hydrogens (tertiary/aromatic N) is 2. The third kappa shape index (κ3) is 3.22. The number of furan rings is 1. The summed E-state index contributed by atoms with van der Waals surface area (Å²) in [5.74, 6) is 0.518. The van der Waals surface area contributed by atoms with Crippen LogP contribution in [0, 0.1) is 6.92 Å². The fraction of sp³-hybridized carbons (Fsp3) is 0.200. The number of amidine groups is 1. The summed E-state index contributed by atoms with van der Waals surface area (Å²) in [6.45, 7) is 2.16. The van der Waals surface area contributed by atoms with Gasteiger partial charge in [-0.1, -0.05) is 23.4 Å². The Labute approximate surface area is 122 Å². The second-order valence-electron chi connectivity index (χ2n) is 4.74. The number of carbonyl (C=O) groups is 1. The number of hydrogen-bond acceptors (Lipinski definition) is 4. The van der Waals surface area contributed by atoms with E-state index in [9.17, 15) is 4.79 Å². The lowest BCUT2D eigenvalue weighted by atomic mass is 10.1. The molecule has 6 nitrogen and oxygen atoms in total. The molecule has 6 heteroatoms. The minimum atomic E-state index is -0.115. The average molecular weight is 287 g/mol. The summed E-state index contributed by atoms with van der Waals surface area (Å²) in [7, 11) is 1.71. The topological polar surface area (TPSA) is 92.1 Å². The van der Waals surface area contributed by atoms with Crippen molar-refractivity contribution in [2.45, 2.75) is 13.5 Å². The summed E-state index contributed by atoms with van der Waals surface area (Å²) in [4.78, 5) is 13.9. The summed E-state index contributed by atoms with van der Waals surface area (Å²) < 4.78 is 5.14. The van der Waals surface area contributed by atoms with Crippen LogP contribution in [-0.4, -0.2) is 28.9 Å². The number of benzene rings is 1. The summed E-state index contributed by atoms with van der Waals surface area (Å²) >= 11 is 0. The number of amides is 1. The van der Waals surface area contributed by atoms with Crippen LogP contribution >= 0.6 is 0 Å². The van der Waals surface area contributed by atoms with Crippen LogP contribution in [0.1, 0.15) is 27.2 Å². The number of oxime groups is 1. The Morgan fingerprint density at radius 3 is 2.81 bits per heavy atom. The van der Waals surface area contributed by atoms with Crippen LogP contribution < -0.4 is 5.73 Å². The molecule has 1 aromatic carbocycles. The van der Waals surface area contributed by atoms with Crippen molar-refractivity contribution >= 4 is 11.7 Å². The van der Waals surface area contributed by atoms with Crippen molar-refractivity contribution in [2.75, 3.05) is 7.05 Å². The van der Waals surface area contributed by atoms with E-state index >= 15 is 0 Å². The van der Waals surface area contributed by atoms with Gasteiger partial charge in [0.05, 0.1) is 11.8 Å². The van der Waals surface area contributed by atoms with Crippen molar-refractivity contribution in [3.05, 3.63) is 59.0 Å². The maximum Gasteiger partial charge on any atom is 0.257 e. The summed E-state index contributed by atoms with van der Waals surface area (Å²) in [5.41, 5.74) is 7.60. The molecule has 0 atom stereocenters. The standard InChI is InChI=1S/C15H17N3O3/c1-10-13(6-7-21-10)15(19)18(2)9-11-4-3-5-12(8-11)14(16)17-20/h3-8,20H,9H2,1-2H3,(H2,16,17). The SMILES string of the molecule is Cc1occc1C(=O)N(C)Cc1cccc(C(N)=NO)c1. The highest BCUT2D eigenvalue weighted by Gasteiger charge is 2.16. The third-order valence-corrected chi connectivity index (χ3v) is 3.19. The summed E-state index contributed by atoms with van der Waals surface area (Å²) in [5, 5.41) is 11.7. The van der Waals surface area contributed by atoms with E-state index in [1.165, 1.54) is 6.26 Å². The molecule has 0 unspecified atom stereocenters. The molecular formula is C15H17N3O3. The van der Waals surface area contributed by atoms with E-state index in [0.29, 0.717) is 23.4 Å². The van der Waals surface area contributed by atoms with Crippen LogP contribution in [-0.2, 0) is 6.54 Å². The fourth-order valence-corrected chi connectivity index (χ4v) is 2.04. The largest absolute Gasteiger partial charge is 0.469 e. The molecular weight excluding hydrogens is 270 g/mol. The van der Waals surface area contributed by atoms with Crippen LogP contribution in [0.4, 0.5) is 0 Å². The minimum absolute atomic E-state index is 0.0384. The number of hydrogen-bond donors (Lipinski definition) is 2. The Hall–Kier alpha value is -2.76. The van der Waals surface area contributed by atoms with Crippen LogP contribution in [0.25, 0.3) is 0 Å². The van der Waals surface area contributed by atoms with E-state index in [-0.39, 0.29) is 11.7 Å². The molecule has 21 heavy (non-hydrogen) atoms. The van der Waals surface area contributed by atoms with Crippen molar-refractivity contribution in [3.8, 4) is 0 Å². The van der Waals surface area contributed by atoms with Gasteiger partial charge in [0.1, 0.15) is 5.76 Å². The zero-order valence-corrected chi connectivity index (χ0v) is 11.9. The highest BCUT2D eigenvalue weighted by molar-refractivity contribution is 5.97. The summed E-state index contributed by atoms with van der Waals surface area (Å²) in [6.07, 6.45) is 1.50. The monoisotopic (exact) mass is 287 g/mol.